The van der Waals surface area contributed by atoms with Crippen LogP contribution in [0.5, 0.6) is 0 Å². The fourth-order valence-electron chi connectivity index (χ4n) is 10.6. The summed E-state index contributed by atoms with van der Waals surface area (Å²) in [6.07, 6.45) is 16.7. The van der Waals surface area contributed by atoms with Crippen LogP contribution in [0.2, 0.25) is 0 Å². The summed E-state index contributed by atoms with van der Waals surface area (Å²) in [6.45, 7) is 22.3. The molecule has 382 valence electrons. The van der Waals surface area contributed by atoms with E-state index in [0.29, 0.717) is 18.4 Å². The molecule has 4 heterocycles. The Kier molecular flexibility index (Phi) is 18.3. The van der Waals surface area contributed by atoms with Crippen molar-refractivity contribution in [2.45, 2.75) is 161 Å². The number of aromatic amines is 2. The highest BCUT2D eigenvalue weighted by Gasteiger charge is 2.39. The number of carbonyl (C=O) groups excluding carboxylic acids is 4. The number of rotatable bonds is 13. The lowest BCUT2D eigenvalue weighted by Gasteiger charge is -2.35. The van der Waals surface area contributed by atoms with E-state index < -0.39 is 24.1 Å². The minimum absolute atomic E-state index is 0.0383. The topological polar surface area (TPSA) is 191 Å². The lowest BCUT2D eigenvalue weighted by atomic mass is 9.87. The SMILES string of the molecule is C=C.CC(=O)N[C@H](C(N)=O)C(C)C.COC(=O)NC(C(=O)N1CCCC1c1cc(-c2ccc(C3CCC(C4=CCC(c5cc(C6CCCC6)n[nH]5)C=C4)N3c3ccc(C(C)(C)C)cc3)cc2)n[nH]1)C(C)C. The lowest BCUT2D eigenvalue weighted by molar-refractivity contribution is -0.135. The molecule has 2 aliphatic carbocycles. The zero-order chi connectivity index (χ0) is 51.6. The van der Waals surface area contributed by atoms with E-state index in [1.807, 2.05) is 32.6 Å². The van der Waals surface area contributed by atoms with Gasteiger partial charge < -0.3 is 30.9 Å². The van der Waals surface area contributed by atoms with Gasteiger partial charge in [0, 0.05) is 42.2 Å². The zero-order valence-electron chi connectivity index (χ0n) is 43.6. The van der Waals surface area contributed by atoms with Gasteiger partial charge in [-0.2, -0.15) is 10.2 Å². The number of hydrogen-bond acceptors (Lipinski definition) is 8. The largest absolute Gasteiger partial charge is 0.453 e. The van der Waals surface area contributed by atoms with Crippen LogP contribution in [0, 0.1) is 11.8 Å². The molecule has 2 aromatic heterocycles. The molecule has 4 amide bonds. The van der Waals surface area contributed by atoms with E-state index in [-0.39, 0.29) is 47.2 Å². The highest BCUT2D eigenvalue weighted by molar-refractivity contribution is 5.87. The van der Waals surface area contributed by atoms with Crippen molar-refractivity contribution < 1.29 is 23.9 Å². The van der Waals surface area contributed by atoms with Crippen molar-refractivity contribution in [3.63, 3.8) is 0 Å². The number of ether oxygens (including phenoxy) is 1. The Morgan fingerprint density at radius 2 is 1.44 bits per heavy atom. The van der Waals surface area contributed by atoms with Gasteiger partial charge >= 0.3 is 6.09 Å². The summed E-state index contributed by atoms with van der Waals surface area (Å²) in [7, 11) is 1.32. The van der Waals surface area contributed by atoms with Gasteiger partial charge in [0.05, 0.1) is 42.3 Å². The van der Waals surface area contributed by atoms with Gasteiger partial charge in [-0.15, -0.1) is 13.2 Å². The van der Waals surface area contributed by atoms with Crippen LogP contribution in [0.1, 0.15) is 165 Å². The molecule has 2 saturated heterocycles. The first-order chi connectivity index (χ1) is 33.9. The maximum absolute atomic E-state index is 13.7. The van der Waals surface area contributed by atoms with Gasteiger partial charge in [0.15, 0.2) is 0 Å². The number of hydrogen-bond donors (Lipinski definition) is 5. The third-order valence-corrected chi connectivity index (χ3v) is 14.5. The fraction of sp³-hybridized carbons (Fsp3) is 0.509. The number of likely N-dealkylation sites (tertiary alicyclic amines) is 1. The molecule has 1 saturated carbocycles. The van der Waals surface area contributed by atoms with Crippen LogP contribution in [-0.2, 0) is 24.5 Å². The molecule has 2 aromatic carbocycles. The molecule has 4 aliphatic rings. The van der Waals surface area contributed by atoms with Crippen molar-refractivity contribution in [3.8, 4) is 11.3 Å². The van der Waals surface area contributed by atoms with Crippen molar-refractivity contribution in [1.82, 2.24) is 35.9 Å². The van der Waals surface area contributed by atoms with Crippen molar-refractivity contribution in [1.29, 1.82) is 0 Å². The van der Waals surface area contributed by atoms with E-state index in [1.54, 1.807) is 0 Å². The maximum atomic E-state index is 13.7. The number of benzene rings is 2. The van der Waals surface area contributed by atoms with Crippen LogP contribution in [-0.4, -0.2) is 80.9 Å². The molecule has 4 aromatic rings. The predicted octanol–water partition coefficient (Wildman–Crippen LogP) is 10.6. The van der Waals surface area contributed by atoms with E-state index in [1.165, 1.54) is 73.5 Å². The standard InChI is InChI=1S/C48H61N7O3.C7H14N2O2.C2H4/c1-30(2)45(49-47(57)58-6)46(56)54-27-9-12-44(54)41-29-40(52-53-41)33-15-19-35(20-16-33)43-26-25-42(55(43)37-23-21-36(22-24-37)48(3,4)5)34-17-13-32(14-18-34)39-28-38(50-51-39)31-10-7-8-11-31;1-4(2)6(7(8)11)9-5(3)10;1-2/h13,15-24,28-32,42-45H,7-12,14,25-27H2,1-6H3,(H,49,57)(H,50,51)(H,52,53);4,6H,1-3H3,(H2,8,11)(H,9,10);1-2H2/t;6-;/m.0./s1. The normalized spacial score (nSPS) is 20.9. The molecule has 2 aliphatic heterocycles. The second kappa shape index (κ2) is 24.1. The van der Waals surface area contributed by atoms with E-state index >= 15 is 0 Å². The number of nitrogens with two attached hydrogens (primary N) is 1. The number of amides is 4. The van der Waals surface area contributed by atoms with E-state index in [4.69, 9.17) is 20.7 Å². The number of primary amides is 1. The van der Waals surface area contributed by atoms with Gasteiger partial charge in [-0.3, -0.25) is 24.6 Å². The molecule has 0 bridgehead atoms. The molecule has 8 rings (SSSR count). The van der Waals surface area contributed by atoms with Gasteiger partial charge in [-0.25, -0.2) is 4.79 Å². The Hall–Kier alpha value is -6.44. The molecule has 6 atom stereocenters. The van der Waals surface area contributed by atoms with Crippen molar-refractivity contribution >= 4 is 29.5 Å². The van der Waals surface area contributed by atoms with Crippen LogP contribution in [0.15, 0.2) is 97.6 Å². The molecule has 0 spiro atoms. The summed E-state index contributed by atoms with van der Waals surface area (Å²) in [4.78, 5) is 51.5. The average molecular weight is 970 g/mol. The van der Waals surface area contributed by atoms with Crippen molar-refractivity contribution in [2.24, 2.45) is 17.6 Å². The Labute approximate surface area is 421 Å². The quantitative estimate of drug-likeness (QED) is 0.0818. The highest BCUT2D eigenvalue weighted by Crippen LogP contribution is 2.45. The number of aromatic nitrogens is 4. The number of alkyl carbamates (subject to hydrolysis) is 1. The monoisotopic (exact) mass is 970 g/mol. The Morgan fingerprint density at radius 3 is 2.00 bits per heavy atom. The van der Waals surface area contributed by atoms with Gasteiger partial charge in [0.2, 0.25) is 17.7 Å². The highest BCUT2D eigenvalue weighted by atomic mass is 16.5. The van der Waals surface area contributed by atoms with Crippen LogP contribution in [0.4, 0.5) is 10.5 Å². The third kappa shape index (κ3) is 13.1. The minimum Gasteiger partial charge on any atom is -0.453 e. The van der Waals surface area contributed by atoms with E-state index in [9.17, 15) is 19.2 Å². The van der Waals surface area contributed by atoms with Crippen molar-refractivity contribution in [2.75, 3.05) is 18.6 Å². The molecule has 71 heavy (non-hydrogen) atoms. The van der Waals surface area contributed by atoms with Crippen LogP contribution in [0.3, 0.4) is 0 Å². The maximum Gasteiger partial charge on any atom is 0.407 e. The zero-order valence-corrected chi connectivity index (χ0v) is 43.6. The summed E-state index contributed by atoms with van der Waals surface area (Å²) in [5, 5.41) is 21.3. The fourth-order valence-corrected chi connectivity index (χ4v) is 10.6. The predicted molar refractivity (Wildman–Crippen MR) is 283 cm³/mol. The smallest absolute Gasteiger partial charge is 0.407 e. The Bertz CT molecular complexity index is 2470. The number of nitrogens with zero attached hydrogens (tertiary/aromatic N) is 4. The van der Waals surface area contributed by atoms with E-state index in [0.717, 1.165) is 49.1 Å². The Balaban J connectivity index is 0.000000563. The number of anilines is 1. The third-order valence-electron chi connectivity index (χ3n) is 14.5. The molecular formula is C57H79N9O5. The number of H-pyrrole nitrogens is 2. The van der Waals surface area contributed by atoms with Crippen molar-refractivity contribution in [3.05, 3.63) is 126 Å². The molecule has 5 unspecified atom stereocenters. The molecule has 3 fully saturated rings. The molecular weight excluding hydrogens is 891 g/mol. The van der Waals surface area contributed by atoms with Gasteiger partial charge in [0.1, 0.15) is 12.1 Å². The van der Waals surface area contributed by atoms with Crippen LogP contribution < -0.4 is 21.3 Å². The van der Waals surface area contributed by atoms with Gasteiger partial charge in [-0.05, 0) is 103 Å². The number of carbonyl (C=O) groups is 4. The van der Waals surface area contributed by atoms with E-state index in [2.05, 4.69) is 139 Å². The molecule has 14 nitrogen and oxygen atoms in total. The molecule has 6 N–H and O–H groups in total. The summed E-state index contributed by atoms with van der Waals surface area (Å²) in [6, 6.07) is 21.7. The lowest BCUT2D eigenvalue weighted by Crippen LogP contribution is -2.51. The second-order valence-corrected chi connectivity index (χ2v) is 21.2. The number of nitrogens with one attached hydrogen (secondary N) is 4. The summed E-state index contributed by atoms with van der Waals surface area (Å²) in [5.41, 5.74) is 15.7. The summed E-state index contributed by atoms with van der Waals surface area (Å²) in [5.74, 6) is 0.0827. The van der Waals surface area contributed by atoms with Crippen LogP contribution >= 0.6 is 0 Å². The number of allylic oxidation sites excluding steroid dienone is 2. The number of methoxy groups -OCH3 is 1. The molecule has 14 heteroatoms. The average Bonchev–Trinajstić information content (AvgIpc) is 4.22. The Morgan fingerprint density at radius 1 is 0.789 bits per heavy atom. The molecule has 0 radical (unpaired) electrons. The van der Waals surface area contributed by atoms with Crippen LogP contribution in [0.25, 0.3) is 11.3 Å². The summed E-state index contributed by atoms with van der Waals surface area (Å²) >= 11 is 0. The summed E-state index contributed by atoms with van der Waals surface area (Å²) < 4.78 is 4.81. The first-order valence-electron chi connectivity index (χ1n) is 25.6. The minimum atomic E-state index is -0.659. The first-order valence-corrected chi connectivity index (χ1v) is 25.6. The van der Waals surface area contributed by atoms with Gasteiger partial charge in [-0.1, -0.05) is 116 Å². The second-order valence-electron chi connectivity index (χ2n) is 21.2. The van der Waals surface area contributed by atoms with Gasteiger partial charge in [0.25, 0.3) is 0 Å². The first kappa shape index (κ1) is 53.9.